The van der Waals surface area contributed by atoms with Gasteiger partial charge in [-0.1, -0.05) is 0 Å². The molecule has 1 aliphatic rings. The van der Waals surface area contributed by atoms with Gasteiger partial charge in [0, 0.05) is 16.9 Å². The lowest BCUT2D eigenvalue weighted by molar-refractivity contribution is -0.212. The van der Waals surface area contributed by atoms with Crippen molar-refractivity contribution in [3.8, 4) is 0 Å². The van der Waals surface area contributed by atoms with Gasteiger partial charge in [-0.2, -0.15) is 0 Å². The van der Waals surface area contributed by atoms with Gasteiger partial charge in [-0.15, -0.1) is 11.8 Å². The molecule has 1 heterocycles. The first-order valence-corrected chi connectivity index (χ1v) is 3.52. The predicted molar refractivity (Wildman–Crippen MR) is 34.0 cm³/mol. The minimum Gasteiger partial charge on any atom is -0.858 e. The van der Waals surface area contributed by atoms with Gasteiger partial charge in [0.05, 0.1) is 0 Å². The maximum atomic E-state index is 10.5. The molecule has 0 unspecified atom stereocenters. The average Bonchev–Trinajstić information content (AvgIpc) is 2.10. The molecule has 4 heteroatoms. The fraction of sp³-hybridized carbons (Fsp3) is 0.200. The van der Waals surface area contributed by atoms with Crippen LogP contribution in [-0.4, -0.2) is 18.1 Å². The van der Waals surface area contributed by atoms with Crippen molar-refractivity contribution in [3.63, 3.8) is 0 Å². The monoisotopic (exact) mass is 142 g/mol. The number of amides is 1. The number of carbonyl (C=O) groups excluding carboxylic acids is 1. The van der Waals surface area contributed by atoms with Gasteiger partial charge in [0.15, 0.2) is 0 Å². The van der Waals surface area contributed by atoms with Crippen LogP contribution < -0.4 is 5.11 Å². The minimum atomic E-state index is -0.440. The van der Waals surface area contributed by atoms with E-state index in [0.29, 0.717) is 4.91 Å². The largest absolute Gasteiger partial charge is 0.858 e. The van der Waals surface area contributed by atoms with Gasteiger partial charge < -0.3 is 5.11 Å². The number of aliphatic imine (C=N–C) groups is 1. The van der Waals surface area contributed by atoms with E-state index < -0.39 is 11.8 Å². The van der Waals surface area contributed by atoms with Crippen molar-refractivity contribution in [1.82, 2.24) is 0 Å². The van der Waals surface area contributed by atoms with E-state index in [-0.39, 0.29) is 0 Å². The molecule has 0 saturated carbocycles. The summed E-state index contributed by atoms with van der Waals surface area (Å²) in [5.74, 6) is -0.850. The highest BCUT2D eigenvalue weighted by Crippen LogP contribution is 2.15. The fourth-order valence-electron chi connectivity index (χ4n) is 0.508. The van der Waals surface area contributed by atoms with E-state index in [4.69, 9.17) is 0 Å². The molecule has 9 heavy (non-hydrogen) atoms. The zero-order valence-electron chi connectivity index (χ0n) is 4.75. The standard InChI is InChI=1S/C5H5NO2S/c1-9-3-2-4(7)6-5(3)8/h2H,1H3,(H,6,7,8)/p-1. The van der Waals surface area contributed by atoms with Gasteiger partial charge in [0.1, 0.15) is 0 Å². The zero-order valence-corrected chi connectivity index (χ0v) is 5.57. The third kappa shape index (κ3) is 1.13. The smallest absolute Gasteiger partial charge is 0.270 e. The number of thioether (sulfide) groups is 1. The highest BCUT2D eigenvalue weighted by atomic mass is 32.2. The molecule has 0 aliphatic carbocycles. The second-order valence-electron chi connectivity index (χ2n) is 1.47. The van der Waals surface area contributed by atoms with E-state index in [9.17, 15) is 9.90 Å². The van der Waals surface area contributed by atoms with Gasteiger partial charge in [0.2, 0.25) is 0 Å². The average molecular weight is 142 g/mol. The molecule has 0 spiro atoms. The first kappa shape index (κ1) is 6.35. The molecule has 0 aromatic carbocycles. The summed E-state index contributed by atoms with van der Waals surface area (Å²) in [6, 6.07) is 0. The van der Waals surface area contributed by atoms with Crippen molar-refractivity contribution in [3.05, 3.63) is 11.0 Å². The number of hydrogen-bond donors (Lipinski definition) is 0. The van der Waals surface area contributed by atoms with Crippen LogP contribution in [0.2, 0.25) is 0 Å². The summed E-state index contributed by atoms with van der Waals surface area (Å²) in [6.45, 7) is 0. The molecular weight excluding hydrogens is 138 g/mol. The van der Waals surface area contributed by atoms with E-state index in [1.807, 2.05) is 0 Å². The SMILES string of the molecule is CSC1=CC(=O)N=C1[O-]. The highest BCUT2D eigenvalue weighted by Gasteiger charge is 2.06. The van der Waals surface area contributed by atoms with Crippen LogP contribution in [0.3, 0.4) is 0 Å². The van der Waals surface area contributed by atoms with Crippen molar-refractivity contribution >= 4 is 23.6 Å². The summed E-state index contributed by atoms with van der Waals surface area (Å²) >= 11 is 1.24. The Morgan fingerprint density at radius 1 is 1.78 bits per heavy atom. The van der Waals surface area contributed by atoms with E-state index in [1.54, 1.807) is 6.26 Å². The number of rotatable bonds is 1. The molecule has 3 nitrogen and oxygen atoms in total. The Balaban J connectivity index is 2.87. The van der Waals surface area contributed by atoms with Gasteiger partial charge in [-0.05, 0) is 6.26 Å². The molecule has 0 saturated heterocycles. The topological polar surface area (TPSA) is 52.5 Å². The van der Waals surface area contributed by atoms with E-state index in [2.05, 4.69) is 4.99 Å². The van der Waals surface area contributed by atoms with Crippen LogP contribution in [-0.2, 0) is 4.79 Å². The Labute approximate surface area is 56.5 Å². The molecule has 1 amide bonds. The van der Waals surface area contributed by atoms with E-state index in [0.717, 1.165) is 0 Å². The first-order valence-electron chi connectivity index (χ1n) is 2.30. The summed E-state index contributed by atoms with van der Waals surface area (Å²) in [5, 5.41) is 10.5. The van der Waals surface area contributed by atoms with Crippen LogP contribution in [0.4, 0.5) is 0 Å². The first-order chi connectivity index (χ1) is 4.24. The van der Waals surface area contributed by atoms with Crippen LogP contribution in [0, 0.1) is 0 Å². The summed E-state index contributed by atoms with van der Waals surface area (Å²) in [6.07, 6.45) is 2.98. The number of nitrogens with zero attached hydrogens (tertiary/aromatic N) is 1. The maximum Gasteiger partial charge on any atom is 0.270 e. The third-order valence-corrected chi connectivity index (χ3v) is 1.63. The molecule has 0 aromatic heterocycles. The summed E-state index contributed by atoms with van der Waals surface area (Å²) in [5.41, 5.74) is 0. The van der Waals surface area contributed by atoms with Crippen LogP contribution in [0.15, 0.2) is 16.0 Å². The van der Waals surface area contributed by atoms with E-state index >= 15 is 0 Å². The Morgan fingerprint density at radius 2 is 2.44 bits per heavy atom. The quantitative estimate of drug-likeness (QED) is 0.497. The molecular formula is C5H4NO2S-. The van der Waals surface area contributed by atoms with Gasteiger partial charge >= 0.3 is 0 Å². The Kier molecular flexibility index (Phi) is 1.57. The molecule has 1 rings (SSSR count). The Hall–Kier alpha value is -0.770. The number of carbonyl (C=O) groups is 1. The predicted octanol–water partition coefficient (Wildman–Crippen LogP) is -0.468. The molecule has 0 radical (unpaired) electrons. The molecule has 0 aromatic rings. The highest BCUT2D eigenvalue weighted by molar-refractivity contribution is 8.03. The van der Waals surface area contributed by atoms with Gasteiger partial charge in [-0.25, -0.2) is 4.99 Å². The van der Waals surface area contributed by atoms with Crippen molar-refractivity contribution < 1.29 is 9.90 Å². The van der Waals surface area contributed by atoms with Gasteiger partial charge in [-0.3, -0.25) is 4.79 Å². The lowest BCUT2D eigenvalue weighted by Crippen LogP contribution is -2.15. The van der Waals surface area contributed by atoms with Crippen molar-refractivity contribution in [2.45, 2.75) is 0 Å². The maximum absolute atomic E-state index is 10.5. The Morgan fingerprint density at radius 3 is 2.67 bits per heavy atom. The van der Waals surface area contributed by atoms with Crippen molar-refractivity contribution in [2.24, 2.45) is 4.99 Å². The molecule has 0 atom stereocenters. The molecule has 0 fully saturated rings. The van der Waals surface area contributed by atoms with Crippen LogP contribution in [0.5, 0.6) is 0 Å². The van der Waals surface area contributed by atoms with Crippen LogP contribution >= 0.6 is 11.8 Å². The van der Waals surface area contributed by atoms with Crippen LogP contribution in [0.25, 0.3) is 0 Å². The van der Waals surface area contributed by atoms with Crippen molar-refractivity contribution in [2.75, 3.05) is 6.26 Å². The second kappa shape index (κ2) is 2.23. The second-order valence-corrected chi connectivity index (χ2v) is 2.32. The van der Waals surface area contributed by atoms with Crippen molar-refractivity contribution in [1.29, 1.82) is 0 Å². The lowest BCUT2D eigenvalue weighted by Gasteiger charge is -2.03. The summed E-state index contributed by atoms with van der Waals surface area (Å²) in [7, 11) is 0. The normalized spacial score (nSPS) is 17.7. The summed E-state index contributed by atoms with van der Waals surface area (Å²) in [4.78, 5) is 13.9. The number of hydrogen-bond acceptors (Lipinski definition) is 3. The lowest BCUT2D eigenvalue weighted by atomic mass is 10.5. The minimum absolute atomic E-state index is 0.410. The fourth-order valence-corrected chi connectivity index (χ4v) is 0.947. The molecule has 1 aliphatic heterocycles. The van der Waals surface area contributed by atoms with E-state index in [1.165, 1.54) is 17.8 Å². The van der Waals surface area contributed by atoms with Gasteiger partial charge in [0.25, 0.3) is 5.91 Å². The zero-order chi connectivity index (χ0) is 6.85. The summed E-state index contributed by atoms with van der Waals surface area (Å²) < 4.78 is 0. The Bertz CT molecular complexity index is 207. The molecule has 48 valence electrons. The third-order valence-electron chi connectivity index (χ3n) is 0.897. The van der Waals surface area contributed by atoms with Crippen LogP contribution in [0.1, 0.15) is 0 Å². The molecule has 0 N–H and O–H groups in total. The molecule has 0 bridgehead atoms.